The molecule has 0 unspecified atom stereocenters. The number of carbonyl (C=O) groups excluding carboxylic acids is 2. The number of hydrogen-bond acceptors (Lipinski definition) is 5. The van der Waals surface area contributed by atoms with Gasteiger partial charge in [0.15, 0.2) is 22.9 Å². The van der Waals surface area contributed by atoms with E-state index in [-0.39, 0.29) is 23.6 Å². The van der Waals surface area contributed by atoms with Crippen molar-refractivity contribution < 1.29 is 18.7 Å². The van der Waals surface area contributed by atoms with Gasteiger partial charge < -0.3 is 19.0 Å². The molecule has 1 aromatic heterocycles. The first kappa shape index (κ1) is 28.0. The SMILES string of the molecule is CC(=O)c1cc2c(/C(C)=C/C(=O)N3CCN(c4ccccc4)CC3)ccc(OC(c3ccccc3)c3ccccc3)c2o1. The van der Waals surface area contributed by atoms with Crippen molar-refractivity contribution in [1.29, 1.82) is 0 Å². The summed E-state index contributed by atoms with van der Waals surface area (Å²) in [6, 6.07) is 35.9. The quantitative estimate of drug-likeness (QED) is 0.142. The van der Waals surface area contributed by atoms with Crippen LogP contribution in [-0.4, -0.2) is 42.8 Å². The summed E-state index contributed by atoms with van der Waals surface area (Å²) in [4.78, 5) is 29.9. The summed E-state index contributed by atoms with van der Waals surface area (Å²) in [6.45, 7) is 6.28. The highest BCUT2D eigenvalue weighted by Crippen LogP contribution is 2.38. The van der Waals surface area contributed by atoms with Crippen molar-refractivity contribution in [2.75, 3.05) is 31.1 Å². The van der Waals surface area contributed by atoms with Crippen molar-refractivity contribution in [1.82, 2.24) is 4.90 Å². The molecule has 4 aromatic carbocycles. The number of Topliss-reactive ketones (excluding diaryl/α,β-unsaturated/α-hetero) is 1. The molecular weight excluding hydrogens is 536 g/mol. The highest BCUT2D eigenvalue weighted by Gasteiger charge is 2.23. The van der Waals surface area contributed by atoms with Gasteiger partial charge in [0, 0.05) is 50.3 Å². The Labute approximate surface area is 251 Å². The number of rotatable bonds is 8. The normalized spacial score (nSPS) is 13.9. The fourth-order valence-electron chi connectivity index (χ4n) is 5.60. The monoisotopic (exact) mass is 570 g/mol. The van der Waals surface area contributed by atoms with Crippen LogP contribution in [0.4, 0.5) is 5.69 Å². The molecule has 0 aliphatic carbocycles. The van der Waals surface area contributed by atoms with Gasteiger partial charge in [-0.15, -0.1) is 0 Å². The summed E-state index contributed by atoms with van der Waals surface area (Å²) in [6.07, 6.45) is 1.31. The third-order valence-corrected chi connectivity index (χ3v) is 7.92. The molecule has 0 radical (unpaired) electrons. The highest BCUT2D eigenvalue weighted by atomic mass is 16.5. The number of para-hydroxylation sites is 1. The van der Waals surface area contributed by atoms with Crippen LogP contribution in [0.5, 0.6) is 5.75 Å². The van der Waals surface area contributed by atoms with Gasteiger partial charge in [0.2, 0.25) is 5.91 Å². The van der Waals surface area contributed by atoms with Crippen LogP contribution in [-0.2, 0) is 4.79 Å². The first-order valence-corrected chi connectivity index (χ1v) is 14.6. The van der Waals surface area contributed by atoms with E-state index in [9.17, 15) is 9.59 Å². The van der Waals surface area contributed by atoms with E-state index in [1.807, 2.05) is 103 Å². The van der Waals surface area contributed by atoms with Gasteiger partial charge in [-0.2, -0.15) is 0 Å². The molecule has 2 heterocycles. The van der Waals surface area contributed by atoms with Gasteiger partial charge in [-0.3, -0.25) is 9.59 Å². The number of ether oxygens (including phenoxy) is 1. The van der Waals surface area contributed by atoms with E-state index in [0.717, 1.165) is 40.7 Å². The van der Waals surface area contributed by atoms with Crippen molar-refractivity contribution in [3.05, 3.63) is 138 Å². The number of amides is 1. The maximum absolute atomic E-state index is 13.3. The second-order valence-corrected chi connectivity index (χ2v) is 10.8. The Morgan fingerprint density at radius 3 is 1.93 bits per heavy atom. The average Bonchev–Trinajstić information content (AvgIpc) is 3.51. The second kappa shape index (κ2) is 12.4. The second-order valence-electron chi connectivity index (χ2n) is 10.8. The smallest absolute Gasteiger partial charge is 0.246 e. The zero-order valence-electron chi connectivity index (χ0n) is 24.4. The molecule has 43 heavy (non-hydrogen) atoms. The number of ketones is 1. The van der Waals surface area contributed by atoms with Crippen LogP contribution in [0.1, 0.15) is 47.2 Å². The summed E-state index contributed by atoms with van der Waals surface area (Å²) >= 11 is 0. The number of hydrogen-bond donors (Lipinski definition) is 0. The van der Waals surface area contributed by atoms with E-state index in [0.29, 0.717) is 24.4 Å². The van der Waals surface area contributed by atoms with Crippen LogP contribution in [0.15, 0.2) is 120 Å². The molecule has 1 amide bonds. The van der Waals surface area contributed by atoms with Crippen LogP contribution in [0.2, 0.25) is 0 Å². The lowest BCUT2D eigenvalue weighted by Gasteiger charge is -2.35. The van der Waals surface area contributed by atoms with Crippen LogP contribution in [0.25, 0.3) is 16.5 Å². The van der Waals surface area contributed by atoms with E-state index < -0.39 is 0 Å². The Morgan fingerprint density at radius 1 is 0.767 bits per heavy atom. The molecule has 0 N–H and O–H groups in total. The Balaban J connectivity index is 1.29. The maximum atomic E-state index is 13.3. The summed E-state index contributed by atoms with van der Waals surface area (Å²) in [5.74, 6) is 0.575. The van der Waals surface area contributed by atoms with E-state index in [2.05, 4.69) is 17.0 Å². The van der Waals surface area contributed by atoms with Crippen molar-refractivity contribution in [3.8, 4) is 5.75 Å². The van der Waals surface area contributed by atoms with E-state index in [4.69, 9.17) is 9.15 Å². The van der Waals surface area contributed by atoms with Crippen LogP contribution >= 0.6 is 0 Å². The van der Waals surface area contributed by atoms with Crippen molar-refractivity contribution >= 4 is 33.9 Å². The number of piperazine rings is 1. The Morgan fingerprint density at radius 2 is 1.35 bits per heavy atom. The Kier molecular flexibility index (Phi) is 8.09. The maximum Gasteiger partial charge on any atom is 0.246 e. The first-order chi connectivity index (χ1) is 21.0. The number of allylic oxidation sites excluding steroid dienone is 1. The number of nitrogens with zero attached hydrogens (tertiary/aromatic N) is 2. The van der Waals surface area contributed by atoms with Gasteiger partial charge in [-0.05, 0) is 53.5 Å². The molecule has 1 fully saturated rings. The Hall–Kier alpha value is -5.10. The molecule has 216 valence electrons. The fraction of sp³-hybridized carbons (Fsp3) is 0.189. The molecule has 6 rings (SSSR count). The minimum Gasteiger partial charge on any atom is -0.477 e. The van der Waals surface area contributed by atoms with Crippen molar-refractivity contribution in [2.24, 2.45) is 0 Å². The minimum absolute atomic E-state index is 0.0257. The van der Waals surface area contributed by atoms with Gasteiger partial charge in [0.05, 0.1) is 0 Å². The van der Waals surface area contributed by atoms with Crippen LogP contribution in [0.3, 0.4) is 0 Å². The predicted octanol–water partition coefficient (Wildman–Crippen LogP) is 7.56. The lowest BCUT2D eigenvalue weighted by molar-refractivity contribution is -0.126. The zero-order chi connectivity index (χ0) is 29.8. The standard InChI is InChI=1S/C37H34N2O4/c1-26(24-35(41)39-22-20-38(21-23-39)30-16-10-5-11-17-30)31-18-19-33(37-32(31)25-34(43-37)27(2)40)42-36(28-12-6-3-7-13-28)29-14-8-4-9-15-29/h3-19,24-25,36H,20-23H2,1-2H3/b26-24+. The fourth-order valence-corrected chi connectivity index (χ4v) is 5.60. The number of carbonyl (C=O) groups is 2. The minimum atomic E-state index is -0.380. The van der Waals surface area contributed by atoms with Gasteiger partial charge in [0.25, 0.3) is 0 Å². The number of benzene rings is 4. The lowest BCUT2D eigenvalue weighted by Crippen LogP contribution is -2.48. The average molecular weight is 571 g/mol. The van der Waals surface area contributed by atoms with Gasteiger partial charge in [-0.25, -0.2) is 0 Å². The number of fused-ring (bicyclic) bond motifs is 1. The van der Waals surface area contributed by atoms with E-state index >= 15 is 0 Å². The van der Waals surface area contributed by atoms with Crippen LogP contribution < -0.4 is 9.64 Å². The molecule has 1 aliphatic heterocycles. The lowest BCUT2D eigenvalue weighted by atomic mass is 10.00. The zero-order valence-corrected chi connectivity index (χ0v) is 24.4. The molecule has 0 spiro atoms. The molecule has 0 bridgehead atoms. The first-order valence-electron chi connectivity index (χ1n) is 14.6. The largest absolute Gasteiger partial charge is 0.477 e. The van der Waals surface area contributed by atoms with Crippen molar-refractivity contribution in [3.63, 3.8) is 0 Å². The van der Waals surface area contributed by atoms with E-state index in [1.165, 1.54) is 12.6 Å². The summed E-state index contributed by atoms with van der Waals surface area (Å²) in [5, 5.41) is 0.734. The molecule has 1 aliphatic rings. The van der Waals surface area contributed by atoms with Gasteiger partial charge >= 0.3 is 0 Å². The van der Waals surface area contributed by atoms with Gasteiger partial charge in [0.1, 0.15) is 6.10 Å². The molecular formula is C37H34N2O4. The molecule has 0 atom stereocenters. The third kappa shape index (κ3) is 6.09. The van der Waals surface area contributed by atoms with Crippen molar-refractivity contribution in [2.45, 2.75) is 20.0 Å². The number of anilines is 1. The summed E-state index contributed by atoms with van der Waals surface area (Å²) < 4.78 is 12.7. The topological polar surface area (TPSA) is 63.0 Å². The van der Waals surface area contributed by atoms with Crippen LogP contribution in [0, 0.1) is 0 Å². The van der Waals surface area contributed by atoms with Gasteiger partial charge in [-0.1, -0.05) is 84.9 Å². The Bertz CT molecular complexity index is 1710. The molecule has 0 saturated carbocycles. The summed E-state index contributed by atoms with van der Waals surface area (Å²) in [7, 11) is 0. The summed E-state index contributed by atoms with van der Waals surface area (Å²) in [5.41, 5.74) is 5.28. The highest BCUT2D eigenvalue weighted by molar-refractivity contribution is 6.04. The molecule has 6 heteroatoms. The molecule has 1 saturated heterocycles. The molecule has 5 aromatic rings. The number of furan rings is 1. The third-order valence-electron chi connectivity index (χ3n) is 7.92. The predicted molar refractivity (Wildman–Crippen MR) is 170 cm³/mol. The molecule has 6 nitrogen and oxygen atoms in total. The van der Waals surface area contributed by atoms with E-state index in [1.54, 1.807) is 12.1 Å².